The molecule has 2 N–H and O–H groups in total. The zero-order valence-corrected chi connectivity index (χ0v) is 16.1. The number of halogens is 1. The third-order valence-electron chi connectivity index (χ3n) is 4.88. The number of ether oxygens (including phenoxy) is 2. The Labute approximate surface area is 162 Å². The summed E-state index contributed by atoms with van der Waals surface area (Å²) >= 11 is 0. The van der Waals surface area contributed by atoms with E-state index < -0.39 is 17.7 Å². The molecule has 148 valence electrons. The normalized spacial score (nSPS) is 15.8. The van der Waals surface area contributed by atoms with Gasteiger partial charge in [-0.1, -0.05) is 25.5 Å². The van der Waals surface area contributed by atoms with Crippen LogP contribution < -0.4 is 16.0 Å². The Morgan fingerprint density at radius 2 is 1.96 bits per heavy atom. The van der Waals surface area contributed by atoms with Crippen LogP contribution in [-0.4, -0.2) is 17.6 Å². The lowest BCUT2D eigenvalue weighted by atomic mass is 9.83. The monoisotopic (exact) mass is 386 g/mol. The Balaban J connectivity index is 2.32. The number of benzene rings is 1. The number of fused-ring (bicyclic) bond motifs is 1. The molecule has 28 heavy (non-hydrogen) atoms. The zero-order chi connectivity index (χ0) is 20.4. The van der Waals surface area contributed by atoms with Crippen LogP contribution in [-0.2, 0) is 22.5 Å². The van der Waals surface area contributed by atoms with Gasteiger partial charge in [0.05, 0.1) is 18.6 Å². The second kappa shape index (κ2) is 7.88. The van der Waals surface area contributed by atoms with Gasteiger partial charge in [-0.15, -0.1) is 0 Å². The number of methoxy groups -OCH3 is 1. The number of rotatable bonds is 5. The van der Waals surface area contributed by atoms with Crippen LogP contribution in [0.2, 0.25) is 0 Å². The molecule has 0 fully saturated rings. The molecule has 3 rings (SSSR count). The molecule has 2 aromatic rings. The number of carbonyl (C=O) groups is 1. The summed E-state index contributed by atoms with van der Waals surface area (Å²) in [6, 6.07) is 7.40. The van der Waals surface area contributed by atoms with Crippen LogP contribution >= 0.6 is 0 Å². The van der Waals surface area contributed by atoms with Gasteiger partial charge in [-0.25, -0.2) is 9.18 Å². The highest BCUT2D eigenvalue weighted by Crippen LogP contribution is 2.41. The number of nitrogens with two attached hydrogens (primary N) is 1. The SMILES string of the molecule is CCCc1cc2c(c(=O)n1CC)C(c1ccc(F)cc1)C(C(=O)OC)=C(N)O2. The highest BCUT2D eigenvalue weighted by Gasteiger charge is 2.38. The number of nitrogens with zero attached hydrogens (tertiary/aromatic N) is 1. The summed E-state index contributed by atoms with van der Waals surface area (Å²) in [7, 11) is 1.23. The maximum atomic E-state index is 13.5. The van der Waals surface area contributed by atoms with E-state index in [0.29, 0.717) is 29.8 Å². The molecule has 2 heterocycles. The van der Waals surface area contributed by atoms with Gasteiger partial charge in [-0.3, -0.25) is 4.79 Å². The number of aryl methyl sites for hydroxylation is 1. The van der Waals surface area contributed by atoms with Gasteiger partial charge in [0.2, 0.25) is 5.88 Å². The van der Waals surface area contributed by atoms with Gasteiger partial charge in [0, 0.05) is 18.3 Å². The summed E-state index contributed by atoms with van der Waals surface area (Å²) in [6.45, 7) is 4.38. The van der Waals surface area contributed by atoms with Gasteiger partial charge in [-0.2, -0.15) is 0 Å². The predicted molar refractivity (Wildman–Crippen MR) is 102 cm³/mol. The van der Waals surface area contributed by atoms with Crippen molar-refractivity contribution in [2.24, 2.45) is 5.73 Å². The molecule has 0 bridgehead atoms. The van der Waals surface area contributed by atoms with E-state index in [9.17, 15) is 14.0 Å². The van der Waals surface area contributed by atoms with Gasteiger partial charge >= 0.3 is 5.97 Å². The number of aromatic nitrogens is 1. The van der Waals surface area contributed by atoms with E-state index in [2.05, 4.69) is 0 Å². The number of esters is 1. The molecule has 6 nitrogen and oxygen atoms in total. The fourth-order valence-electron chi connectivity index (χ4n) is 3.63. The van der Waals surface area contributed by atoms with Crippen LogP contribution in [0.3, 0.4) is 0 Å². The summed E-state index contributed by atoms with van der Waals surface area (Å²) in [5.74, 6) is -1.73. The molecule has 1 unspecified atom stereocenters. The van der Waals surface area contributed by atoms with Crippen molar-refractivity contribution in [1.82, 2.24) is 4.57 Å². The molecule has 0 spiro atoms. The summed E-state index contributed by atoms with van der Waals surface area (Å²) < 4.78 is 25.7. The zero-order valence-electron chi connectivity index (χ0n) is 16.1. The molecule has 1 aliphatic heterocycles. The third kappa shape index (κ3) is 3.28. The Morgan fingerprint density at radius 3 is 2.54 bits per heavy atom. The van der Waals surface area contributed by atoms with E-state index in [1.807, 2.05) is 13.8 Å². The van der Waals surface area contributed by atoms with Crippen LogP contribution in [0.5, 0.6) is 5.75 Å². The van der Waals surface area contributed by atoms with E-state index in [0.717, 1.165) is 12.1 Å². The Morgan fingerprint density at radius 1 is 1.29 bits per heavy atom. The van der Waals surface area contributed by atoms with Crippen molar-refractivity contribution in [2.45, 2.75) is 39.2 Å². The predicted octanol–water partition coefficient (Wildman–Crippen LogP) is 2.83. The van der Waals surface area contributed by atoms with Gasteiger partial charge in [0.25, 0.3) is 5.56 Å². The van der Waals surface area contributed by atoms with E-state index >= 15 is 0 Å². The first kappa shape index (κ1) is 19.7. The first-order valence-electron chi connectivity index (χ1n) is 9.20. The lowest BCUT2D eigenvalue weighted by Crippen LogP contribution is -2.35. The largest absolute Gasteiger partial charge is 0.465 e. The highest BCUT2D eigenvalue weighted by atomic mass is 19.1. The number of pyridine rings is 1. The van der Waals surface area contributed by atoms with Gasteiger partial charge < -0.3 is 19.8 Å². The summed E-state index contributed by atoms with van der Waals surface area (Å²) in [5, 5.41) is 0. The van der Waals surface area contributed by atoms with Crippen molar-refractivity contribution < 1.29 is 18.7 Å². The molecule has 0 saturated heterocycles. The van der Waals surface area contributed by atoms with Crippen molar-refractivity contribution >= 4 is 5.97 Å². The molecule has 7 heteroatoms. The topological polar surface area (TPSA) is 83.5 Å². The van der Waals surface area contributed by atoms with E-state index in [1.54, 1.807) is 10.6 Å². The fourth-order valence-corrected chi connectivity index (χ4v) is 3.63. The van der Waals surface area contributed by atoms with E-state index in [-0.39, 0.29) is 17.0 Å². The first-order valence-corrected chi connectivity index (χ1v) is 9.20. The standard InChI is InChI=1S/C21H23FN2O4/c1-4-6-14-11-15-17(20(25)24(14)5-2)16(12-7-9-13(22)10-8-12)18(19(23)28-15)21(26)27-3/h7-11,16H,4-6,23H2,1-3H3. The van der Waals surface area contributed by atoms with Crippen molar-refractivity contribution in [2.75, 3.05) is 7.11 Å². The molecule has 1 atom stereocenters. The summed E-state index contributed by atoms with van der Waals surface area (Å²) in [6.07, 6.45) is 1.56. The third-order valence-corrected chi connectivity index (χ3v) is 4.88. The Hall–Kier alpha value is -3.09. The quantitative estimate of drug-likeness (QED) is 0.799. The molecule has 0 saturated carbocycles. The smallest absolute Gasteiger partial charge is 0.340 e. The van der Waals surface area contributed by atoms with Crippen LogP contribution in [0, 0.1) is 5.82 Å². The molecule has 1 aromatic carbocycles. The minimum absolute atomic E-state index is 0.0320. The average molecular weight is 386 g/mol. The number of carbonyl (C=O) groups excluding carboxylic acids is 1. The van der Waals surface area contributed by atoms with Crippen molar-refractivity contribution in [3.05, 3.63) is 74.8 Å². The number of hydrogen-bond donors (Lipinski definition) is 1. The molecular formula is C21H23FN2O4. The molecule has 0 radical (unpaired) electrons. The molecule has 0 amide bonds. The first-order chi connectivity index (χ1) is 13.4. The molecule has 1 aromatic heterocycles. The molecule has 0 aliphatic carbocycles. The van der Waals surface area contributed by atoms with Gasteiger partial charge in [0.15, 0.2) is 0 Å². The maximum Gasteiger partial charge on any atom is 0.340 e. The van der Waals surface area contributed by atoms with Crippen LogP contribution in [0.15, 0.2) is 46.6 Å². The molecule has 1 aliphatic rings. The van der Waals surface area contributed by atoms with Crippen LogP contribution in [0.1, 0.15) is 43.0 Å². The van der Waals surface area contributed by atoms with E-state index in [4.69, 9.17) is 15.2 Å². The summed E-state index contributed by atoms with van der Waals surface area (Å²) in [4.78, 5) is 25.8. The minimum atomic E-state index is -0.808. The second-order valence-electron chi connectivity index (χ2n) is 6.57. The minimum Gasteiger partial charge on any atom is -0.465 e. The Bertz CT molecular complexity index is 993. The lowest BCUT2D eigenvalue weighted by Gasteiger charge is -2.29. The molecular weight excluding hydrogens is 363 g/mol. The number of hydrogen-bond acceptors (Lipinski definition) is 5. The van der Waals surface area contributed by atoms with Gasteiger partial charge in [-0.05, 0) is 31.0 Å². The maximum absolute atomic E-state index is 13.5. The highest BCUT2D eigenvalue weighted by molar-refractivity contribution is 5.92. The van der Waals surface area contributed by atoms with Crippen molar-refractivity contribution in [3.63, 3.8) is 0 Å². The van der Waals surface area contributed by atoms with Crippen LogP contribution in [0.25, 0.3) is 0 Å². The fraction of sp³-hybridized carbons (Fsp3) is 0.333. The Kier molecular flexibility index (Phi) is 5.53. The van der Waals surface area contributed by atoms with Crippen LogP contribution in [0.4, 0.5) is 4.39 Å². The summed E-state index contributed by atoms with van der Waals surface area (Å²) in [5.41, 5.74) is 7.50. The van der Waals surface area contributed by atoms with Crippen molar-refractivity contribution in [1.29, 1.82) is 0 Å². The average Bonchev–Trinajstić information content (AvgIpc) is 2.67. The second-order valence-corrected chi connectivity index (χ2v) is 6.57. The van der Waals surface area contributed by atoms with Gasteiger partial charge in [0.1, 0.15) is 17.1 Å². The van der Waals surface area contributed by atoms with E-state index in [1.165, 1.54) is 31.4 Å². The van der Waals surface area contributed by atoms with Crippen molar-refractivity contribution in [3.8, 4) is 5.75 Å². The lowest BCUT2D eigenvalue weighted by molar-refractivity contribution is -0.136.